The van der Waals surface area contributed by atoms with Crippen LogP contribution in [0.25, 0.3) is 5.84 Å². The Morgan fingerprint density at radius 2 is 2.30 bits per heavy atom. The van der Waals surface area contributed by atoms with E-state index in [4.69, 9.17) is 15.9 Å². The van der Waals surface area contributed by atoms with E-state index < -0.39 is 0 Å². The number of imidazole rings is 1. The van der Waals surface area contributed by atoms with Crippen molar-refractivity contribution >= 4 is 17.7 Å². The topological polar surface area (TPSA) is 95.4 Å². The van der Waals surface area contributed by atoms with Crippen LogP contribution >= 0.6 is 0 Å². The molecular weight excluding hydrogens is 134 g/mol. The van der Waals surface area contributed by atoms with Gasteiger partial charge in [-0.1, -0.05) is 0 Å². The Balaban J connectivity index is 2.90. The standard InChI is InChI=1S/C4H5N5O/c5-2-1-7-4-9(2)8-3(6)10-4/h1H,5H2,(H2,6,8). The van der Waals surface area contributed by atoms with Crippen LogP contribution in [0.15, 0.2) is 10.6 Å². The van der Waals surface area contributed by atoms with Gasteiger partial charge in [0.2, 0.25) is 0 Å². The molecule has 2 aromatic rings. The second-order valence-electron chi connectivity index (χ2n) is 1.82. The molecule has 6 nitrogen and oxygen atoms in total. The van der Waals surface area contributed by atoms with Gasteiger partial charge in [-0.3, -0.25) is 0 Å². The molecule has 52 valence electrons. The van der Waals surface area contributed by atoms with Gasteiger partial charge in [0.15, 0.2) is 0 Å². The Hall–Kier alpha value is -1.72. The van der Waals surface area contributed by atoms with Crippen molar-refractivity contribution in [2.24, 2.45) is 0 Å². The second kappa shape index (κ2) is 1.41. The van der Waals surface area contributed by atoms with Gasteiger partial charge in [0.05, 0.1) is 6.20 Å². The molecule has 0 unspecified atom stereocenters. The molecule has 0 saturated carbocycles. The number of nitrogens with two attached hydrogens (primary N) is 2. The number of hydrogen-bond acceptors (Lipinski definition) is 5. The van der Waals surface area contributed by atoms with Crippen molar-refractivity contribution in [3.05, 3.63) is 6.20 Å². The highest BCUT2D eigenvalue weighted by Crippen LogP contribution is 2.09. The third-order valence-electron chi connectivity index (χ3n) is 1.13. The molecule has 0 spiro atoms. The number of fused-ring (bicyclic) bond motifs is 1. The number of hydrogen-bond donors (Lipinski definition) is 2. The third-order valence-corrected chi connectivity index (χ3v) is 1.13. The van der Waals surface area contributed by atoms with E-state index in [1.54, 1.807) is 0 Å². The number of anilines is 2. The minimum atomic E-state index is 0.0646. The van der Waals surface area contributed by atoms with Crippen molar-refractivity contribution in [2.45, 2.75) is 0 Å². The first kappa shape index (κ1) is 5.10. The summed E-state index contributed by atoms with van der Waals surface area (Å²) in [6, 6.07) is 0.0646. The van der Waals surface area contributed by atoms with E-state index in [9.17, 15) is 0 Å². The number of rotatable bonds is 0. The van der Waals surface area contributed by atoms with Crippen LogP contribution in [-0.2, 0) is 0 Å². The molecule has 0 bridgehead atoms. The molecule has 0 aliphatic rings. The summed E-state index contributed by atoms with van der Waals surface area (Å²) >= 11 is 0. The van der Waals surface area contributed by atoms with Crippen molar-refractivity contribution in [3.8, 4) is 0 Å². The Morgan fingerprint density at radius 3 is 3.00 bits per heavy atom. The van der Waals surface area contributed by atoms with Gasteiger partial charge in [-0.25, -0.2) is 0 Å². The first-order chi connectivity index (χ1) is 4.77. The largest absolute Gasteiger partial charge is 0.389 e. The van der Waals surface area contributed by atoms with E-state index in [-0.39, 0.29) is 6.01 Å². The summed E-state index contributed by atoms with van der Waals surface area (Å²) in [5.74, 6) is 0.727. The van der Waals surface area contributed by atoms with E-state index in [0.29, 0.717) is 11.7 Å². The summed E-state index contributed by atoms with van der Waals surface area (Å²) in [6.07, 6.45) is 1.45. The van der Waals surface area contributed by atoms with Gasteiger partial charge in [0, 0.05) is 0 Å². The Morgan fingerprint density at radius 1 is 1.50 bits per heavy atom. The number of aromatic nitrogens is 3. The zero-order valence-corrected chi connectivity index (χ0v) is 4.98. The molecule has 0 aliphatic carbocycles. The molecular formula is C4H5N5O. The molecule has 2 heterocycles. The maximum atomic E-state index is 5.41. The smallest absolute Gasteiger partial charge is 0.327 e. The van der Waals surface area contributed by atoms with Gasteiger partial charge in [0.25, 0.3) is 0 Å². The van der Waals surface area contributed by atoms with Crippen LogP contribution in [0.3, 0.4) is 0 Å². The summed E-state index contributed by atoms with van der Waals surface area (Å²) < 4.78 is 6.16. The zero-order chi connectivity index (χ0) is 7.14. The fourth-order valence-corrected chi connectivity index (χ4v) is 0.724. The zero-order valence-electron chi connectivity index (χ0n) is 4.98. The lowest BCUT2D eigenvalue weighted by Crippen LogP contribution is -1.93. The first-order valence-corrected chi connectivity index (χ1v) is 2.63. The minimum absolute atomic E-state index is 0.0646. The monoisotopic (exact) mass is 139 g/mol. The Bertz CT molecular complexity index is 360. The summed E-state index contributed by atoms with van der Waals surface area (Å²) in [6.45, 7) is 0. The van der Waals surface area contributed by atoms with Gasteiger partial charge < -0.3 is 15.9 Å². The fraction of sp³-hybridized carbons (Fsp3) is 0. The molecule has 0 radical (unpaired) electrons. The van der Waals surface area contributed by atoms with Gasteiger partial charge >= 0.3 is 11.9 Å². The summed E-state index contributed by atoms with van der Waals surface area (Å²) in [7, 11) is 0. The van der Waals surface area contributed by atoms with Crippen molar-refractivity contribution in [1.82, 2.24) is 14.6 Å². The third kappa shape index (κ3) is 0.471. The van der Waals surface area contributed by atoms with Crippen LogP contribution < -0.4 is 11.5 Å². The molecule has 4 N–H and O–H groups in total. The summed E-state index contributed by atoms with van der Waals surface area (Å²) in [5, 5.41) is 3.71. The molecule has 6 heteroatoms. The molecule has 0 aliphatic heterocycles. The molecule has 0 atom stereocenters. The molecule has 0 saturated heterocycles. The first-order valence-electron chi connectivity index (χ1n) is 2.63. The second-order valence-corrected chi connectivity index (χ2v) is 1.82. The van der Waals surface area contributed by atoms with E-state index in [0.717, 1.165) is 0 Å². The SMILES string of the molecule is Nc1nn2c(N)cnc2o1. The molecule has 0 aromatic carbocycles. The molecule has 2 rings (SSSR count). The number of nitrogens with zero attached hydrogens (tertiary/aromatic N) is 3. The predicted octanol–water partition coefficient (Wildman–Crippen LogP) is -0.513. The quantitative estimate of drug-likeness (QED) is 0.512. The molecule has 10 heavy (non-hydrogen) atoms. The Labute approximate surface area is 55.4 Å². The van der Waals surface area contributed by atoms with E-state index in [1.165, 1.54) is 10.7 Å². The summed E-state index contributed by atoms with van der Waals surface area (Å²) in [4.78, 5) is 3.77. The van der Waals surface area contributed by atoms with Crippen LogP contribution in [0.1, 0.15) is 0 Å². The average Bonchev–Trinajstić information content (AvgIpc) is 2.35. The van der Waals surface area contributed by atoms with Crippen molar-refractivity contribution in [2.75, 3.05) is 11.5 Å². The molecule has 0 fully saturated rings. The van der Waals surface area contributed by atoms with Crippen LogP contribution in [0, 0.1) is 0 Å². The highest BCUT2D eigenvalue weighted by Gasteiger charge is 2.04. The van der Waals surface area contributed by atoms with Gasteiger partial charge in [-0.05, 0) is 0 Å². The van der Waals surface area contributed by atoms with Crippen molar-refractivity contribution < 1.29 is 4.42 Å². The van der Waals surface area contributed by atoms with Crippen LogP contribution in [0.4, 0.5) is 11.8 Å². The lowest BCUT2D eigenvalue weighted by molar-refractivity contribution is 0.611. The molecule has 2 aromatic heterocycles. The minimum Gasteiger partial charge on any atom is -0.389 e. The lowest BCUT2D eigenvalue weighted by atomic mass is 10.8. The Kier molecular flexibility index (Phi) is 0.717. The van der Waals surface area contributed by atoms with Gasteiger partial charge in [-0.2, -0.15) is 9.50 Å². The normalized spacial score (nSPS) is 10.8. The van der Waals surface area contributed by atoms with Crippen molar-refractivity contribution in [3.63, 3.8) is 0 Å². The predicted molar refractivity (Wildman–Crippen MR) is 34.1 cm³/mol. The maximum Gasteiger partial charge on any atom is 0.327 e. The van der Waals surface area contributed by atoms with E-state index in [1.807, 2.05) is 0 Å². The van der Waals surface area contributed by atoms with Gasteiger partial charge in [-0.15, -0.1) is 5.10 Å². The van der Waals surface area contributed by atoms with E-state index in [2.05, 4.69) is 10.1 Å². The van der Waals surface area contributed by atoms with Crippen LogP contribution in [0.2, 0.25) is 0 Å². The van der Waals surface area contributed by atoms with Crippen LogP contribution in [0.5, 0.6) is 0 Å². The van der Waals surface area contributed by atoms with Gasteiger partial charge in [0.1, 0.15) is 5.82 Å². The van der Waals surface area contributed by atoms with Crippen LogP contribution in [-0.4, -0.2) is 14.6 Å². The molecule has 0 amide bonds. The fourth-order valence-electron chi connectivity index (χ4n) is 0.724. The highest BCUT2D eigenvalue weighted by molar-refractivity contribution is 5.39. The van der Waals surface area contributed by atoms with Crippen molar-refractivity contribution in [1.29, 1.82) is 0 Å². The average molecular weight is 139 g/mol. The number of nitrogen functional groups attached to an aromatic ring is 2. The highest BCUT2D eigenvalue weighted by atomic mass is 16.4. The summed E-state index contributed by atoms with van der Waals surface area (Å²) in [5.41, 5.74) is 10.6. The maximum absolute atomic E-state index is 5.41. The van der Waals surface area contributed by atoms with E-state index >= 15 is 0 Å². The lowest BCUT2D eigenvalue weighted by Gasteiger charge is -1.79.